The van der Waals surface area contributed by atoms with Gasteiger partial charge in [-0.2, -0.15) is 0 Å². The summed E-state index contributed by atoms with van der Waals surface area (Å²) >= 11 is 0. The Morgan fingerprint density at radius 2 is 2.00 bits per heavy atom. The van der Waals surface area contributed by atoms with E-state index in [1.807, 2.05) is 13.8 Å². The third kappa shape index (κ3) is 2.76. The Kier molecular flexibility index (Phi) is 3.97. The summed E-state index contributed by atoms with van der Waals surface area (Å²) < 4.78 is 0. The zero-order valence-electron chi connectivity index (χ0n) is 11.9. The molecular formula is C15H21N3O2. The van der Waals surface area contributed by atoms with E-state index in [4.69, 9.17) is 11.5 Å². The molecule has 0 spiro atoms. The van der Waals surface area contributed by atoms with Crippen LogP contribution in [0.25, 0.3) is 0 Å². The van der Waals surface area contributed by atoms with Gasteiger partial charge >= 0.3 is 0 Å². The molecule has 2 atom stereocenters. The van der Waals surface area contributed by atoms with E-state index < -0.39 is 0 Å². The van der Waals surface area contributed by atoms with Gasteiger partial charge in [-0.05, 0) is 50.5 Å². The van der Waals surface area contributed by atoms with Crippen LogP contribution in [0.15, 0.2) is 18.2 Å². The number of aryl methyl sites for hydroxylation is 1. The predicted octanol–water partition coefficient (Wildman–Crippen LogP) is 1.30. The van der Waals surface area contributed by atoms with Crippen molar-refractivity contribution in [3.8, 4) is 0 Å². The number of nitrogen functional groups attached to an aromatic ring is 1. The van der Waals surface area contributed by atoms with Crippen LogP contribution < -0.4 is 11.5 Å². The Balaban J connectivity index is 2.24. The number of rotatable bonds is 2. The van der Waals surface area contributed by atoms with Crippen molar-refractivity contribution < 1.29 is 9.59 Å². The van der Waals surface area contributed by atoms with Gasteiger partial charge in [-0.1, -0.05) is 0 Å². The molecule has 20 heavy (non-hydrogen) atoms. The molecule has 108 valence electrons. The maximum atomic E-state index is 12.6. The second-order valence-electron chi connectivity index (χ2n) is 5.56. The molecule has 2 amide bonds. The van der Waals surface area contributed by atoms with Gasteiger partial charge in [0.1, 0.15) is 0 Å². The van der Waals surface area contributed by atoms with Crippen LogP contribution in [0.2, 0.25) is 0 Å². The molecule has 1 heterocycles. The number of anilines is 1. The lowest BCUT2D eigenvalue weighted by molar-refractivity contribution is -0.123. The van der Waals surface area contributed by atoms with E-state index in [2.05, 4.69) is 0 Å². The number of benzene rings is 1. The number of primary amides is 1. The first kappa shape index (κ1) is 14.4. The minimum absolute atomic E-state index is 0.0547. The monoisotopic (exact) mass is 275 g/mol. The number of hydrogen-bond donors (Lipinski definition) is 2. The summed E-state index contributed by atoms with van der Waals surface area (Å²) in [6.45, 7) is 4.27. The average Bonchev–Trinajstić information content (AvgIpc) is 2.38. The van der Waals surface area contributed by atoms with Crippen molar-refractivity contribution in [2.45, 2.75) is 32.7 Å². The van der Waals surface area contributed by atoms with E-state index >= 15 is 0 Å². The van der Waals surface area contributed by atoms with Crippen LogP contribution in [0, 0.1) is 12.8 Å². The number of nitrogens with two attached hydrogens (primary N) is 2. The number of amides is 2. The highest BCUT2D eigenvalue weighted by Gasteiger charge is 2.32. The van der Waals surface area contributed by atoms with Crippen LogP contribution in [0.5, 0.6) is 0 Å². The molecule has 1 aromatic carbocycles. The van der Waals surface area contributed by atoms with E-state index in [0.29, 0.717) is 17.8 Å². The van der Waals surface area contributed by atoms with Crippen LogP contribution >= 0.6 is 0 Å². The first-order valence-corrected chi connectivity index (χ1v) is 6.86. The largest absolute Gasteiger partial charge is 0.399 e. The second-order valence-corrected chi connectivity index (χ2v) is 5.56. The van der Waals surface area contributed by atoms with E-state index in [-0.39, 0.29) is 23.8 Å². The fourth-order valence-electron chi connectivity index (χ4n) is 2.70. The lowest BCUT2D eigenvalue weighted by Gasteiger charge is -2.37. The Labute approximate surface area is 118 Å². The van der Waals surface area contributed by atoms with Crippen LogP contribution in [0.4, 0.5) is 5.69 Å². The van der Waals surface area contributed by atoms with Gasteiger partial charge in [0.15, 0.2) is 0 Å². The minimum Gasteiger partial charge on any atom is -0.399 e. The van der Waals surface area contributed by atoms with Crippen molar-refractivity contribution in [2.75, 3.05) is 12.3 Å². The Bertz CT molecular complexity index is 542. The van der Waals surface area contributed by atoms with E-state index in [1.165, 1.54) is 0 Å². The maximum absolute atomic E-state index is 12.6. The van der Waals surface area contributed by atoms with Crippen molar-refractivity contribution in [3.63, 3.8) is 0 Å². The topological polar surface area (TPSA) is 89.4 Å². The van der Waals surface area contributed by atoms with Crippen LogP contribution in [0.1, 0.15) is 35.7 Å². The molecule has 1 aliphatic heterocycles. The van der Waals surface area contributed by atoms with Crippen LogP contribution in [-0.4, -0.2) is 29.3 Å². The Morgan fingerprint density at radius 3 is 2.60 bits per heavy atom. The highest BCUT2D eigenvalue weighted by atomic mass is 16.2. The third-order valence-electron chi connectivity index (χ3n) is 4.03. The number of hydrogen-bond acceptors (Lipinski definition) is 3. The molecular weight excluding hydrogens is 254 g/mol. The molecule has 5 heteroatoms. The van der Waals surface area contributed by atoms with Gasteiger partial charge in [0.2, 0.25) is 5.91 Å². The van der Waals surface area contributed by atoms with E-state index in [1.54, 1.807) is 23.1 Å². The molecule has 0 aliphatic carbocycles. The zero-order chi connectivity index (χ0) is 14.9. The fraction of sp³-hybridized carbons (Fsp3) is 0.467. The van der Waals surface area contributed by atoms with Crippen molar-refractivity contribution in [1.82, 2.24) is 4.90 Å². The molecule has 2 rings (SSSR count). The molecule has 0 saturated carbocycles. The summed E-state index contributed by atoms with van der Waals surface area (Å²) in [5.41, 5.74) is 13.2. The summed E-state index contributed by atoms with van der Waals surface area (Å²) in [4.78, 5) is 25.7. The number of likely N-dealkylation sites (tertiary alicyclic amines) is 1. The van der Waals surface area contributed by atoms with Crippen molar-refractivity contribution >= 4 is 17.5 Å². The summed E-state index contributed by atoms with van der Waals surface area (Å²) in [5, 5.41) is 0. The first-order valence-electron chi connectivity index (χ1n) is 6.86. The molecule has 1 aliphatic rings. The summed E-state index contributed by atoms with van der Waals surface area (Å²) in [6.07, 6.45) is 1.55. The maximum Gasteiger partial charge on any atom is 0.254 e. The van der Waals surface area contributed by atoms with E-state index in [0.717, 1.165) is 18.4 Å². The van der Waals surface area contributed by atoms with Gasteiger partial charge in [0, 0.05) is 23.8 Å². The van der Waals surface area contributed by atoms with Gasteiger partial charge in [-0.15, -0.1) is 0 Å². The number of carbonyl (C=O) groups is 2. The Hall–Kier alpha value is -2.04. The highest BCUT2D eigenvalue weighted by Crippen LogP contribution is 2.25. The third-order valence-corrected chi connectivity index (χ3v) is 4.03. The lowest BCUT2D eigenvalue weighted by atomic mass is 9.92. The SMILES string of the molecule is Cc1cc(N)ccc1C(=O)N1CC(C(N)=O)CCC1C. The van der Waals surface area contributed by atoms with Crippen LogP contribution in [-0.2, 0) is 4.79 Å². The standard InChI is InChI=1S/C15H21N3O2/c1-9-7-12(16)5-6-13(9)15(20)18-8-11(14(17)19)4-3-10(18)2/h5-7,10-11H,3-4,8,16H2,1-2H3,(H2,17,19). The van der Waals surface area contributed by atoms with Gasteiger partial charge in [-0.3, -0.25) is 9.59 Å². The van der Waals surface area contributed by atoms with Crippen molar-refractivity contribution in [2.24, 2.45) is 11.7 Å². The van der Waals surface area contributed by atoms with Crippen molar-refractivity contribution in [1.29, 1.82) is 0 Å². The van der Waals surface area contributed by atoms with Gasteiger partial charge < -0.3 is 16.4 Å². The second kappa shape index (κ2) is 5.53. The molecule has 0 aromatic heterocycles. The lowest BCUT2D eigenvalue weighted by Crippen LogP contribution is -2.48. The molecule has 1 saturated heterocycles. The van der Waals surface area contributed by atoms with Crippen LogP contribution in [0.3, 0.4) is 0 Å². The molecule has 5 nitrogen and oxygen atoms in total. The quantitative estimate of drug-likeness (QED) is 0.797. The minimum atomic E-state index is -0.330. The average molecular weight is 275 g/mol. The zero-order valence-corrected chi connectivity index (χ0v) is 11.9. The number of carbonyl (C=O) groups excluding carboxylic acids is 2. The predicted molar refractivity (Wildman–Crippen MR) is 78.0 cm³/mol. The molecule has 1 aromatic rings. The van der Waals surface area contributed by atoms with Gasteiger partial charge in [0.05, 0.1) is 5.92 Å². The summed E-state index contributed by atoms with van der Waals surface area (Å²) in [7, 11) is 0. The van der Waals surface area contributed by atoms with Crippen molar-refractivity contribution in [3.05, 3.63) is 29.3 Å². The smallest absolute Gasteiger partial charge is 0.254 e. The Morgan fingerprint density at radius 1 is 1.30 bits per heavy atom. The molecule has 0 radical (unpaired) electrons. The fourth-order valence-corrected chi connectivity index (χ4v) is 2.70. The van der Waals surface area contributed by atoms with Gasteiger partial charge in [0.25, 0.3) is 5.91 Å². The first-order chi connectivity index (χ1) is 9.40. The van der Waals surface area contributed by atoms with E-state index in [9.17, 15) is 9.59 Å². The summed E-state index contributed by atoms with van der Waals surface area (Å²) in [6, 6.07) is 5.37. The summed E-state index contributed by atoms with van der Waals surface area (Å²) in [5.74, 6) is -0.631. The normalized spacial score (nSPS) is 22.6. The molecule has 0 bridgehead atoms. The number of piperidine rings is 1. The molecule has 2 unspecified atom stereocenters. The highest BCUT2D eigenvalue weighted by molar-refractivity contribution is 5.96. The molecule has 4 N–H and O–H groups in total. The molecule has 1 fully saturated rings. The van der Waals surface area contributed by atoms with Gasteiger partial charge in [-0.25, -0.2) is 0 Å². The number of nitrogens with zero attached hydrogens (tertiary/aromatic N) is 1.